The molecule has 5 nitrogen and oxygen atoms in total. The minimum atomic E-state index is -3.24. The van der Waals surface area contributed by atoms with Crippen LogP contribution in [0.25, 0.3) is 17.1 Å². The van der Waals surface area contributed by atoms with Gasteiger partial charge in [0, 0.05) is 11.8 Å². The number of benzene rings is 2. The van der Waals surface area contributed by atoms with Crippen molar-refractivity contribution in [1.29, 1.82) is 0 Å². The number of halogens is 1. The van der Waals surface area contributed by atoms with Crippen molar-refractivity contribution in [1.82, 2.24) is 14.8 Å². The predicted molar refractivity (Wildman–Crippen MR) is 79.9 cm³/mol. The normalized spacial score (nSPS) is 11.5. The molecule has 0 aliphatic rings. The van der Waals surface area contributed by atoms with Crippen molar-refractivity contribution in [2.75, 3.05) is 6.26 Å². The lowest BCUT2D eigenvalue weighted by Crippen LogP contribution is -2.00. The second kappa shape index (κ2) is 5.34. The van der Waals surface area contributed by atoms with Gasteiger partial charge < -0.3 is 0 Å². The predicted octanol–water partition coefficient (Wildman–Crippen LogP) is 2.48. The van der Waals surface area contributed by atoms with E-state index in [1.54, 1.807) is 28.9 Å². The van der Waals surface area contributed by atoms with Crippen LogP contribution < -0.4 is 0 Å². The lowest BCUT2D eigenvalue weighted by Gasteiger charge is -2.06. The van der Waals surface area contributed by atoms with Crippen LogP contribution in [0.2, 0.25) is 0 Å². The fourth-order valence-corrected chi connectivity index (χ4v) is 2.69. The van der Waals surface area contributed by atoms with Gasteiger partial charge in [-0.3, -0.25) is 0 Å². The number of aromatic nitrogens is 3. The molecule has 0 aliphatic heterocycles. The van der Waals surface area contributed by atoms with Gasteiger partial charge in [0.25, 0.3) is 0 Å². The van der Waals surface area contributed by atoms with E-state index < -0.39 is 9.84 Å². The van der Waals surface area contributed by atoms with Crippen LogP contribution in [0.3, 0.4) is 0 Å². The highest BCUT2D eigenvalue weighted by atomic mass is 32.2. The van der Waals surface area contributed by atoms with Crippen LogP contribution in [0, 0.1) is 5.82 Å². The van der Waals surface area contributed by atoms with Crippen LogP contribution in [-0.2, 0) is 9.84 Å². The van der Waals surface area contributed by atoms with Crippen molar-refractivity contribution in [2.45, 2.75) is 4.90 Å². The third-order valence-corrected chi connectivity index (χ3v) is 4.29. The molecule has 1 aromatic heterocycles. The maximum absolute atomic E-state index is 13.0. The Kier molecular flexibility index (Phi) is 3.50. The Morgan fingerprint density at radius 3 is 2.23 bits per heavy atom. The first kappa shape index (κ1) is 14.4. The molecule has 0 atom stereocenters. The van der Waals surface area contributed by atoms with Crippen LogP contribution in [-0.4, -0.2) is 29.4 Å². The van der Waals surface area contributed by atoms with Crippen molar-refractivity contribution >= 4 is 9.84 Å². The number of hydrogen-bond acceptors (Lipinski definition) is 4. The van der Waals surface area contributed by atoms with Crippen LogP contribution >= 0.6 is 0 Å². The maximum atomic E-state index is 13.0. The number of sulfone groups is 1. The van der Waals surface area contributed by atoms with Gasteiger partial charge in [-0.2, -0.15) is 5.10 Å². The van der Waals surface area contributed by atoms with Crippen molar-refractivity contribution in [3.8, 4) is 17.1 Å². The molecule has 0 saturated heterocycles. The monoisotopic (exact) mass is 317 g/mol. The van der Waals surface area contributed by atoms with Gasteiger partial charge in [-0.15, -0.1) is 0 Å². The van der Waals surface area contributed by atoms with Crippen molar-refractivity contribution in [3.05, 3.63) is 60.7 Å². The molecule has 2 aromatic carbocycles. The van der Waals surface area contributed by atoms with Crippen molar-refractivity contribution in [3.63, 3.8) is 0 Å². The molecule has 0 aliphatic carbocycles. The van der Waals surface area contributed by atoms with E-state index in [2.05, 4.69) is 10.1 Å². The van der Waals surface area contributed by atoms with E-state index >= 15 is 0 Å². The summed E-state index contributed by atoms with van der Waals surface area (Å²) < 4.78 is 37.5. The van der Waals surface area contributed by atoms with Gasteiger partial charge in [0.15, 0.2) is 15.7 Å². The summed E-state index contributed by atoms with van der Waals surface area (Å²) in [4.78, 5) is 4.43. The zero-order valence-corrected chi connectivity index (χ0v) is 12.5. The lowest BCUT2D eigenvalue weighted by molar-refractivity contribution is 0.602. The minimum Gasteiger partial charge on any atom is -0.224 e. The first-order valence-corrected chi connectivity index (χ1v) is 8.31. The Morgan fingerprint density at radius 2 is 1.64 bits per heavy atom. The molecular formula is C15H12FN3O2S. The van der Waals surface area contributed by atoms with Gasteiger partial charge in [0.2, 0.25) is 0 Å². The summed E-state index contributed by atoms with van der Waals surface area (Å²) in [7, 11) is -3.24. The number of hydrogen-bond donors (Lipinski definition) is 0. The summed E-state index contributed by atoms with van der Waals surface area (Å²) in [6.45, 7) is 0. The molecule has 22 heavy (non-hydrogen) atoms. The average Bonchev–Trinajstić information content (AvgIpc) is 2.97. The third-order valence-electron chi connectivity index (χ3n) is 3.16. The lowest BCUT2D eigenvalue weighted by atomic mass is 10.2. The second-order valence-electron chi connectivity index (χ2n) is 4.77. The molecule has 0 N–H and O–H groups in total. The van der Waals surface area contributed by atoms with E-state index in [1.807, 2.05) is 0 Å². The highest BCUT2D eigenvalue weighted by Gasteiger charge is 2.11. The standard InChI is InChI=1S/C15H12FN3O2S/c1-22(20,21)14-8-2-11(3-9-14)15-17-10-18-19(15)13-6-4-12(16)5-7-13/h2-10H,1H3. The Balaban J connectivity index is 2.03. The van der Waals surface area contributed by atoms with E-state index in [0.717, 1.165) is 6.26 Å². The second-order valence-corrected chi connectivity index (χ2v) is 6.78. The van der Waals surface area contributed by atoms with E-state index in [-0.39, 0.29) is 10.7 Å². The molecule has 3 aromatic rings. The SMILES string of the molecule is CS(=O)(=O)c1ccc(-c2ncnn2-c2ccc(F)cc2)cc1. The van der Waals surface area contributed by atoms with Gasteiger partial charge >= 0.3 is 0 Å². The van der Waals surface area contributed by atoms with Crippen LogP contribution in [0.1, 0.15) is 0 Å². The minimum absolute atomic E-state index is 0.240. The number of nitrogens with zero attached hydrogens (tertiary/aromatic N) is 3. The summed E-state index contributed by atoms with van der Waals surface area (Å²) >= 11 is 0. The maximum Gasteiger partial charge on any atom is 0.175 e. The smallest absolute Gasteiger partial charge is 0.175 e. The van der Waals surface area contributed by atoms with Gasteiger partial charge in [-0.05, 0) is 48.5 Å². The fraction of sp³-hybridized carbons (Fsp3) is 0.0667. The fourth-order valence-electron chi connectivity index (χ4n) is 2.06. The summed E-state index contributed by atoms with van der Waals surface area (Å²) in [5.74, 6) is 0.217. The zero-order chi connectivity index (χ0) is 15.7. The van der Waals surface area contributed by atoms with Crippen LogP contribution in [0.4, 0.5) is 4.39 Å². The summed E-state index contributed by atoms with van der Waals surface area (Å²) in [5, 5.41) is 4.13. The average molecular weight is 317 g/mol. The molecule has 0 amide bonds. The molecule has 0 bridgehead atoms. The molecule has 0 radical (unpaired) electrons. The van der Waals surface area contributed by atoms with Crippen molar-refractivity contribution < 1.29 is 12.8 Å². The topological polar surface area (TPSA) is 64.8 Å². The highest BCUT2D eigenvalue weighted by molar-refractivity contribution is 7.90. The first-order valence-electron chi connectivity index (χ1n) is 6.41. The van der Waals surface area contributed by atoms with Gasteiger partial charge in [-0.1, -0.05) is 0 Å². The zero-order valence-electron chi connectivity index (χ0n) is 11.6. The van der Waals surface area contributed by atoms with Crippen LogP contribution in [0.15, 0.2) is 59.8 Å². The summed E-state index contributed by atoms with van der Waals surface area (Å²) in [6, 6.07) is 12.3. The van der Waals surface area contributed by atoms with E-state index in [0.29, 0.717) is 17.1 Å². The highest BCUT2D eigenvalue weighted by Crippen LogP contribution is 2.22. The largest absolute Gasteiger partial charge is 0.224 e. The van der Waals surface area contributed by atoms with Gasteiger partial charge in [0.05, 0.1) is 10.6 Å². The van der Waals surface area contributed by atoms with E-state index in [4.69, 9.17) is 0 Å². The molecule has 1 heterocycles. The number of rotatable bonds is 3. The Morgan fingerprint density at radius 1 is 1.00 bits per heavy atom. The van der Waals surface area contributed by atoms with E-state index in [9.17, 15) is 12.8 Å². The van der Waals surface area contributed by atoms with Crippen molar-refractivity contribution in [2.24, 2.45) is 0 Å². The Labute approximate surface area is 127 Å². The van der Waals surface area contributed by atoms with Gasteiger partial charge in [-0.25, -0.2) is 22.5 Å². The molecule has 0 unspecified atom stereocenters. The molecule has 112 valence electrons. The quantitative estimate of drug-likeness (QED) is 0.744. The van der Waals surface area contributed by atoms with E-state index in [1.165, 1.54) is 30.6 Å². The summed E-state index contributed by atoms with van der Waals surface area (Å²) in [6.07, 6.45) is 2.55. The Hall–Kier alpha value is -2.54. The van der Waals surface area contributed by atoms with Crippen LogP contribution in [0.5, 0.6) is 0 Å². The molecule has 7 heteroatoms. The first-order chi connectivity index (χ1) is 10.4. The Bertz CT molecular complexity index is 901. The molecular weight excluding hydrogens is 305 g/mol. The third kappa shape index (κ3) is 2.75. The molecule has 3 rings (SSSR count). The molecule has 0 saturated carbocycles. The molecule has 0 spiro atoms. The van der Waals surface area contributed by atoms with Gasteiger partial charge in [0.1, 0.15) is 12.1 Å². The summed E-state index contributed by atoms with van der Waals surface area (Å²) in [5.41, 5.74) is 1.38. The molecule has 0 fully saturated rings.